The average Bonchev–Trinajstić information content (AvgIpc) is 1.64. The molecule has 1 unspecified atom stereocenters. The highest BCUT2D eigenvalue weighted by molar-refractivity contribution is 7.46. The molecule has 0 nitrogen and oxygen atoms in total. The highest BCUT2D eigenvalue weighted by Gasteiger charge is 2.30. The molecule has 0 aromatic heterocycles. The molecular formula is C2H2F5P. The van der Waals surface area contributed by atoms with E-state index in [0.717, 1.165) is 0 Å². The van der Waals surface area contributed by atoms with Crippen molar-refractivity contribution in [1.82, 2.24) is 0 Å². The SMILES string of the molecule is FC(F)C(F)P(F)F. The van der Waals surface area contributed by atoms with Gasteiger partial charge in [-0.15, -0.1) is 0 Å². The van der Waals surface area contributed by atoms with Crippen LogP contribution in [0, 0.1) is 0 Å². The van der Waals surface area contributed by atoms with Gasteiger partial charge >= 0.3 is 8.54 Å². The fourth-order valence-electron chi connectivity index (χ4n) is 0.0852. The van der Waals surface area contributed by atoms with Crippen LogP contribution in [0.5, 0.6) is 0 Å². The van der Waals surface area contributed by atoms with Gasteiger partial charge in [0.15, 0.2) is 0 Å². The molecule has 0 saturated carbocycles. The Bertz CT molecular complexity index is 55.4. The van der Waals surface area contributed by atoms with E-state index in [1.165, 1.54) is 0 Å². The topological polar surface area (TPSA) is 0 Å². The minimum Gasteiger partial charge on any atom is -0.230 e. The van der Waals surface area contributed by atoms with E-state index in [2.05, 4.69) is 0 Å². The molecule has 6 heteroatoms. The summed E-state index contributed by atoms with van der Waals surface area (Å²) in [5.41, 5.74) is 0. The predicted molar refractivity (Wildman–Crippen MR) is 20.0 cm³/mol. The van der Waals surface area contributed by atoms with E-state index in [4.69, 9.17) is 0 Å². The maximum atomic E-state index is 11.2. The van der Waals surface area contributed by atoms with E-state index in [1.807, 2.05) is 0 Å². The summed E-state index contributed by atoms with van der Waals surface area (Å²) >= 11 is 0. The van der Waals surface area contributed by atoms with Crippen molar-refractivity contribution >= 4 is 8.54 Å². The Morgan fingerprint density at radius 3 is 1.38 bits per heavy atom. The van der Waals surface area contributed by atoms with Gasteiger partial charge in [0.05, 0.1) is 0 Å². The second kappa shape index (κ2) is 3.17. The lowest BCUT2D eigenvalue weighted by Crippen LogP contribution is -2.05. The number of rotatable bonds is 2. The Morgan fingerprint density at radius 1 is 1.00 bits per heavy atom. The average molecular weight is 152 g/mol. The predicted octanol–water partition coefficient (Wildman–Crippen LogP) is 2.80. The van der Waals surface area contributed by atoms with Crippen LogP contribution in [0.15, 0.2) is 0 Å². The molecule has 0 rings (SSSR count). The van der Waals surface area contributed by atoms with Gasteiger partial charge < -0.3 is 0 Å². The van der Waals surface area contributed by atoms with Crippen LogP contribution < -0.4 is 0 Å². The Morgan fingerprint density at radius 2 is 1.38 bits per heavy atom. The van der Waals surface area contributed by atoms with Crippen molar-refractivity contribution in [1.29, 1.82) is 0 Å². The van der Waals surface area contributed by atoms with Crippen LogP contribution in [-0.4, -0.2) is 12.3 Å². The van der Waals surface area contributed by atoms with Crippen molar-refractivity contribution in [3.05, 3.63) is 0 Å². The van der Waals surface area contributed by atoms with E-state index < -0.39 is 20.9 Å². The summed E-state index contributed by atoms with van der Waals surface area (Å²) in [5.74, 6) is -3.23. The van der Waals surface area contributed by atoms with Crippen LogP contribution in [0.2, 0.25) is 0 Å². The van der Waals surface area contributed by atoms with Crippen molar-refractivity contribution < 1.29 is 21.6 Å². The fraction of sp³-hybridized carbons (Fsp3) is 1.00. The minimum absolute atomic E-state index is 3.23. The normalized spacial score (nSPS) is 15.4. The monoisotopic (exact) mass is 152 g/mol. The van der Waals surface area contributed by atoms with Crippen molar-refractivity contribution in [2.45, 2.75) is 12.3 Å². The zero-order chi connectivity index (χ0) is 6.73. The van der Waals surface area contributed by atoms with Crippen LogP contribution in [0.4, 0.5) is 21.6 Å². The van der Waals surface area contributed by atoms with Gasteiger partial charge in [-0.3, -0.25) is 0 Å². The maximum Gasteiger partial charge on any atom is 0.307 e. The first kappa shape index (κ1) is 8.08. The van der Waals surface area contributed by atoms with Gasteiger partial charge in [-0.2, -0.15) is 8.39 Å². The van der Waals surface area contributed by atoms with Crippen molar-refractivity contribution in [2.24, 2.45) is 0 Å². The van der Waals surface area contributed by atoms with Gasteiger partial charge in [0.2, 0.25) is 5.91 Å². The molecule has 0 radical (unpaired) electrons. The number of hydrogen-bond donors (Lipinski definition) is 0. The van der Waals surface area contributed by atoms with Crippen LogP contribution in [0.1, 0.15) is 0 Å². The second-order valence-electron chi connectivity index (χ2n) is 0.966. The quantitative estimate of drug-likeness (QED) is 0.421. The van der Waals surface area contributed by atoms with Crippen LogP contribution in [0.25, 0.3) is 0 Å². The molecule has 50 valence electrons. The number of halogens is 5. The van der Waals surface area contributed by atoms with E-state index in [0.29, 0.717) is 0 Å². The van der Waals surface area contributed by atoms with Crippen LogP contribution >= 0.6 is 8.54 Å². The third kappa shape index (κ3) is 2.40. The van der Waals surface area contributed by atoms with Gasteiger partial charge in [-0.05, 0) is 0 Å². The number of alkyl halides is 3. The summed E-state index contributed by atoms with van der Waals surface area (Å²) in [6.07, 6.45) is -3.55. The first-order valence-electron chi connectivity index (χ1n) is 1.58. The number of hydrogen-bond acceptors (Lipinski definition) is 0. The first-order chi connectivity index (χ1) is 3.55. The van der Waals surface area contributed by atoms with Gasteiger partial charge in [-0.1, -0.05) is 0 Å². The molecule has 0 aliphatic rings. The zero-order valence-corrected chi connectivity index (χ0v) is 4.39. The Labute approximate surface area is 43.7 Å². The molecule has 0 N–H and O–H groups in total. The Hall–Kier alpha value is 0.0800. The van der Waals surface area contributed by atoms with Crippen molar-refractivity contribution in [3.8, 4) is 0 Å². The molecule has 0 aliphatic heterocycles. The highest BCUT2D eigenvalue weighted by Crippen LogP contribution is 2.47. The summed E-state index contributed by atoms with van der Waals surface area (Å²) in [6.45, 7) is 0. The van der Waals surface area contributed by atoms with E-state index in [1.54, 1.807) is 0 Å². The summed E-state index contributed by atoms with van der Waals surface area (Å²) in [4.78, 5) is 0. The first-order valence-corrected chi connectivity index (χ1v) is 2.78. The molecule has 0 spiro atoms. The van der Waals surface area contributed by atoms with Gasteiger partial charge in [0, 0.05) is 0 Å². The lowest BCUT2D eigenvalue weighted by atomic mass is 10.8. The molecule has 1 atom stereocenters. The smallest absolute Gasteiger partial charge is 0.230 e. The largest absolute Gasteiger partial charge is 0.307 e. The Kier molecular flexibility index (Phi) is 3.21. The molecule has 8 heavy (non-hydrogen) atoms. The maximum absolute atomic E-state index is 11.2. The molecule has 0 bridgehead atoms. The molecular weight excluding hydrogens is 150 g/mol. The van der Waals surface area contributed by atoms with Crippen molar-refractivity contribution in [2.75, 3.05) is 0 Å². The summed E-state index contributed by atoms with van der Waals surface area (Å²) in [5, 5.41) is 0. The molecule has 0 heterocycles. The molecule has 0 aromatic rings. The van der Waals surface area contributed by atoms with Gasteiger partial charge in [0.25, 0.3) is 6.43 Å². The Balaban J connectivity index is 3.46. The molecule has 0 saturated heterocycles. The third-order valence-electron chi connectivity index (χ3n) is 0.394. The molecule has 0 aromatic carbocycles. The second-order valence-corrected chi connectivity index (χ2v) is 1.98. The van der Waals surface area contributed by atoms with E-state index in [9.17, 15) is 21.6 Å². The lowest BCUT2D eigenvalue weighted by molar-refractivity contribution is 0.0880. The molecule has 0 aliphatic carbocycles. The summed E-state index contributed by atoms with van der Waals surface area (Å²) < 4.78 is 54.6. The minimum atomic E-state index is -4.12. The third-order valence-corrected chi connectivity index (χ3v) is 0.993. The molecule has 0 amide bonds. The summed E-state index contributed by atoms with van der Waals surface area (Å²) in [7, 11) is -4.12. The van der Waals surface area contributed by atoms with E-state index in [-0.39, 0.29) is 0 Å². The van der Waals surface area contributed by atoms with E-state index >= 15 is 0 Å². The lowest BCUT2D eigenvalue weighted by Gasteiger charge is -2.00. The fourth-order valence-corrected chi connectivity index (χ4v) is 0.256. The van der Waals surface area contributed by atoms with Crippen molar-refractivity contribution in [3.63, 3.8) is 0 Å². The van der Waals surface area contributed by atoms with Crippen LogP contribution in [-0.2, 0) is 0 Å². The standard InChI is InChI=1S/C2H2F5P/c3-1(4)2(5)8(6)7/h1-2H. The summed E-state index contributed by atoms with van der Waals surface area (Å²) in [6, 6.07) is 0. The highest BCUT2D eigenvalue weighted by atomic mass is 31.2. The van der Waals surface area contributed by atoms with Crippen LogP contribution in [0.3, 0.4) is 0 Å². The van der Waals surface area contributed by atoms with Gasteiger partial charge in [-0.25, -0.2) is 13.2 Å². The van der Waals surface area contributed by atoms with Gasteiger partial charge in [0.1, 0.15) is 0 Å². The molecule has 0 fully saturated rings. The zero-order valence-electron chi connectivity index (χ0n) is 3.49.